The van der Waals surface area contributed by atoms with Crippen LogP contribution >= 0.6 is 0 Å². The summed E-state index contributed by atoms with van der Waals surface area (Å²) < 4.78 is 10.6. The van der Waals surface area contributed by atoms with Gasteiger partial charge in [0, 0.05) is 11.8 Å². The molecule has 0 aromatic heterocycles. The number of aromatic carboxylic acids is 1. The summed E-state index contributed by atoms with van der Waals surface area (Å²) in [5.74, 6) is -0.756. The lowest BCUT2D eigenvalue weighted by Gasteiger charge is -2.18. The fourth-order valence-corrected chi connectivity index (χ4v) is 2.19. The molecule has 0 aliphatic carbocycles. The summed E-state index contributed by atoms with van der Waals surface area (Å²) in [6.45, 7) is -0.273. The van der Waals surface area contributed by atoms with Gasteiger partial charge in [-0.05, 0) is 36.4 Å². The number of hydrogen-bond acceptors (Lipinski definition) is 5. The van der Waals surface area contributed by atoms with Crippen LogP contribution in [0.3, 0.4) is 0 Å². The molecular formula is C17H14N2O6. The molecule has 128 valence electrons. The van der Waals surface area contributed by atoms with E-state index in [9.17, 15) is 14.4 Å². The lowest BCUT2D eigenvalue weighted by atomic mass is 10.2. The predicted octanol–water partition coefficient (Wildman–Crippen LogP) is 1.73. The van der Waals surface area contributed by atoms with Crippen molar-refractivity contribution in [2.24, 2.45) is 0 Å². The molecule has 8 nitrogen and oxygen atoms in total. The zero-order valence-corrected chi connectivity index (χ0v) is 12.9. The Hall–Kier alpha value is -3.55. The molecule has 0 saturated carbocycles. The van der Waals surface area contributed by atoms with Crippen molar-refractivity contribution >= 4 is 29.2 Å². The number of fused-ring (bicyclic) bond motifs is 1. The van der Waals surface area contributed by atoms with Gasteiger partial charge < -0.3 is 25.2 Å². The van der Waals surface area contributed by atoms with E-state index in [2.05, 4.69) is 10.6 Å². The molecular weight excluding hydrogens is 328 g/mol. The van der Waals surface area contributed by atoms with Crippen molar-refractivity contribution in [3.05, 3.63) is 48.0 Å². The molecule has 8 heteroatoms. The SMILES string of the molecule is O=C(COc1ccc2c(c1)NC(=O)CO2)Nc1ccc(C(=O)O)cc1. The van der Waals surface area contributed by atoms with E-state index in [1.165, 1.54) is 24.3 Å². The zero-order chi connectivity index (χ0) is 17.8. The first kappa shape index (κ1) is 16.3. The van der Waals surface area contributed by atoms with Gasteiger partial charge in [-0.25, -0.2) is 4.79 Å². The predicted molar refractivity (Wildman–Crippen MR) is 88.1 cm³/mol. The second-order valence-corrected chi connectivity index (χ2v) is 5.21. The van der Waals surface area contributed by atoms with Gasteiger partial charge in [-0.2, -0.15) is 0 Å². The van der Waals surface area contributed by atoms with E-state index in [1.54, 1.807) is 18.2 Å². The Morgan fingerprint density at radius 2 is 1.96 bits per heavy atom. The molecule has 2 aromatic carbocycles. The molecule has 0 spiro atoms. The smallest absolute Gasteiger partial charge is 0.335 e. The van der Waals surface area contributed by atoms with Gasteiger partial charge in [-0.3, -0.25) is 9.59 Å². The van der Waals surface area contributed by atoms with E-state index in [4.69, 9.17) is 14.6 Å². The van der Waals surface area contributed by atoms with Crippen LogP contribution in [0.5, 0.6) is 11.5 Å². The largest absolute Gasteiger partial charge is 0.484 e. The number of carbonyl (C=O) groups is 3. The number of ether oxygens (including phenoxy) is 2. The third-order valence-electron chi connectivity index (χ3n) is 3.37. The standard InChI is InChI=1S/C17H14N2O6/c20-15(18-11-3-1-10(2-4-11)17(22)23)8-24-12-5-6-14-13(7-12)19-16(21)9-25-14/h1-7H,8-9H2,(H,18,20)(H,19,21)(H,22,23). The van der Waals surface area contributed by atoms with Crippen molar-refractivity contribution in [1.82, 2.24) is 0 Å². The topological polar surface area (TPSA) is 114 Å². The minimum Gasteiger partial charge on any atom is -0.484 e. The van der Waals surface area contributed by atoms with Crippen LogP contribution in [-0.2, 0) is 9.59 Å². The van der Waals surface area contributed by atoms with Crippen LogP contribution in [-0.4, -0.2) is 36.1 Å². The first-order valence-electron chi connectivity index (χ1n) is 7.34. The van der Waals surface area contributed by atoms with E-state index in [-0.39, 0.29) is 24.7 Å². The first-order chi connectivity index (χ1) is 12.0. The normalized spacial score (nSPS) is 12.4. The van der Waals surface area contributed by atoms with Crippen molar-refractivity contribution in [2.45, 2.75) is 0 Å². The van der Waals surface area contributed by atoms with Gasteiger partial charge >= 0.3 is 5.97 Å². The Bertz CT molecular complexity index is 832. The average molecular weight is 342 g/mol. The third-order valence-corrected chi connectivity index (χ3v) is 3.37. The Morgan fingerprint density at radius 1 is 1.20 bits per heavy atom. The maximum atomic E-state index is 11.9. The van der Waals surface area contributed by atoms with Gasteiger partial charge in [0.25, 0.3) is 11.8 Å². The van der Waals surface area contributed by atoms with Crippen LogP contribution in [0.4, 0.5) is 11.4 Å². The molecule has 3 N–H and O–H groups in total. The second kappa shape index (κ2) is 6.91. The lowest BCUT2D eigenvalue weighted by Crippen LogP contribution is -2.25. The highest BCUT2D eigenvalue weighted by molar-refractivity contribution is 5.96. The van der Waals surface area contributed by atoms with Gasteiger partial charge in [0.1, 0.15) is 11.5 Å². The van der Waals surface area contributed by atoms with Crippen molar-refractivity contribution in [3.8, 4) is 11.5 Å². The first-order valence-corrected chi connectivity index (χ1v) is 7.34. The summed E-state index contributed by atoms with van der Waals surface area (Å²) in [6.07, 6.45) is 0. The Balaban J connectivity index is 1.56. The molecule has 0 radical (unpaired) electrons. The van der Waals surface area contributed by atoms with Crippen LogP contribution in [0.1, 0.15) is 10.4 Å². The number of benzene rings is 2. The van der Waals surface area contributed by atoms with Crippen LogP contribution in [0.15, 0.2) is 42.5 Å². The number of amides is 2. The van der Waals surface area contributed by atoms with Gasteiger partial charge in [0.15, 0.2) is 13.2 Å². The number of carboxylic acids is 1. The molecule has 0 atom stereocenters. The van der Waals surface area contributed by atoms with E-state index in [0.717, 1.165) is 0 Å². The summed E-state index contributed by atoms with van der Waals surface area (Å²) in [5.41, 5.74) is 1.08. The summed E-state index contributed by atoms with van der Waals surface area (Å²) in [7, 11) is 0. The molecule has 25 heavy (non-hydrogen) atoms. The molecule has 1 heterocycles. The number of carbonyl (C=O) groups excluding carboxylic acids is 2. The van der Waals surface area contributed by atoms with Crippen molar-refractivity contribution in [1.29, 1.82) is 0 Å². The molecule has 0 fully saturated rings. The molecule has 3 rings (SSSR count). The molecule has 1 aliphatic rings. The highest BCUT2D eigenvalue weighted by Gasteiger charge is 2.16. The summed E-state index contributed by atoms with van der Waals surface area (Å²) in [5, 5.41) is 14.1. The number of nitrogens with one attached hydrogen (secondary N) is 2. The van der Waals surface area contributed by atoms with E-state index >= 15 is 0 Å². The summed E-state index contributed by atoms with van der Waals surface area (Å²) in [6, 6.07) is 10.6. The fourth-order valence-electron chi connectivity index (χ4n) is 2.19. The minimum atomic E-state index is -1.04. The molecule has 1 aliphatic heterocycles. The van der Waals surface area contributed by atoms with Crippen molar-refractivity contribution in [3.63, 3.8) is 0 Å². The van der Waals surface area contributed by atoms with Crippen molar-refractivity contribution in [2.75, 3.05) is 23.8 Å². The van der Waals surface area contributed by atoms with Gasteiger partial charge in [0.05, 0.1) is 11.3 Å². The highest BCUT2D eigenvalue weighted by atomic mass is 16.5. The van der Waals surface area contributed by atoms with Crippen LogP contribution in [0.2, 0.25) is 0 Å². The van der Waals surface area contributed by atoms with Gasteiger partial charge in [0.2, 0.25) is 0 Å². The van der Waals surface area contributed by atoms with Crippen LogP contribution < -0.4 is 20.1 Å². The average Bonchev–Trinajstić information content (AvgIpc) is 2.60. The zero-order valence-electron chi connectivity index (χ0n) is 12.9. The number of anilines is 2. The van der Waals surface area contributed by atoms with Crippen LogP contribution in [0, 0.1) is 0 Å². The van der Waals surface area contributed by atoms with Gasteiger partial charge in [-0.15, -0.1) is 0 Å². The molecule has 2 amide bonds. The second-order valence-electron chi connectivity index (χ2n) is 5.21. The quantitative estimate of drug-likeness (QED) is 0.762. The number of hydrogen-bond donors (Lipinski definition) is 3. The number of rotatable bonds is 5. The van der Waals surface area contributed by atoms with E-state index in [1.807, 2.05) is 0 Å². The van der Waals surface area contributed by atoms with E-state index < -0.39 is 11.9 Å². The number of carboxylic acid groups (broad SMARTS) is 1. The monoisotopic (exact) mass is 342 g/mol. The minimum absolute atomic E-state index is 0.0315. The molecule has 2 aromatic rings. The maximum absolute atomic E-state index is 11.9. The Morgan fingerprint density at radius 3 is 2.68 bits per heavy atom. The fraction of sp³-hybridized carbons (Fsp3) is 0.118. The lowest BCUT2D eigenvalue weighted by molar-refractivity contribution is -0.119. The molecule has 0 saturated heterocycles. The Labute approximate surface area is 142 Å². The Kier molecular flexibility index (Phi) is 4.51. The maximum Gasteiger partial charge on any atom is 0.335 e. The molecule has 0 unspecified atom stereocenters. The van der Waals surface area contributed by atoms with E-state index in [0.29, 0.717) is 22.9 Å². The van der Waals surface area contributed by atoms with Gasteiger partial charge in [-0.1, -0.05) is 0 Å². The summed E-state index contributed by atoms with van der Waals surface area (Å²) >= 11 is 0. The molecule has 0 bridgehead atoms. The highest BCUT2D eigenvalue weighted by Crippen LogP contribution is 2.31. The summed E-state index contributed by atoms with van der Waals surface area (Å²) in [4.78, 5) is 34.0. The van der Waals surface area contributed by atoms with Crippen molar-refractivity contribution < 1.29 is 29.0 Å². The third kappa shape index (κ3) is 4.05. The van der Waals surface area contributed by atoms with Crippen LogP contribution in [0.25, 0.3) is 0 Å².